The number of hydrogen-bond donors (Lipinski definition) is 1. The van der Waals surface area contributed by atoms with Crippen molar-refractivity contribution in [1.82, 2.24) is 0 Å². The second-order valence-corrected chi connectivity index (χ2v) is 6.91. The maximum atomic E-state index is 8.77. The number of ether oxygens (including phenoxy) is 2. The van der Waals surface area contributed by atoms with E-state index >= 15 is 0 Å². The minimum atomic E-state index is -0.0383. The third-order valence-corrected chi connectivity index (χ3v) is 4.38. The molecule has 0 spiro atoms. The number of unbranched alkanes of at least 4 members (excludes halogenated alkanes) is 9. The smallest absolute Gasteiger partial charge is 0.157 e. The van der Waals surface area contributed by atoms with Gasteiger partial charge in [-0.25, -0.2) is 0 Å². The van der Waals surface area contributed by atoms with Crippen LogP contribution in [0.5, 0.6) is 0 Å². The number of aliphatic hydroxyl groups excluding tert-OH is 1. The Morgan fingerprint density at radius 1 is 0.680 bits per heavy atom. The molecule has 3 heteroatoms. The minimum absolute atomic E-state index is 0.0383. The highest BCUT2D eigenvalue weighted by Gasteiger charge is 2.08. The Labute approximate surface area is 157 Å². The van der Waals surface area contributed by atoms with Gasteiger partial charge in [-0.05, 0) is 38.5 Å². The first-order chi connectivity index (χ1) is 12.3. The van der Waals surface area contributed by atoms with Crippen LogP contribution in [-0.2, 0) is 9.47 Å². The van der Waals surface area contributed by atoms with Crippen LogP contribution >= 0.6 is 0 Å². The van der Waals surface area contributed by atoms with Gasteiger partial charge in [0.15, 0.2) is 6.29 Å². The van der Waals surface area contributed by atoms with Crippen molar-refractivity contribution in [1.29, 1.82) is 0 Å². The molecule has 0 aliphatic rings. The summed E-state index contributed by atoms with van der Waals surface area (Å²) in [6.07, 6.45) is 20.7. The molecular weight excluding hydrogens is 312 g/mol. The number of hydrogen-bond acceptors (Lipinski definition) is 3. The average molecular weight is 357 g/mol. The van der Waals surface area contributed by atoms with Crippen LogP contribution in [0.4, 0.5) is 0 Å². The summed E-state index contributed by atoms with van der Waals surface area (Å²) >= 11 is 0. The van der Waals surface area contributed by atoms with Gasteiger partial charge in [0.2, 0.25) is 0 Å². The van der Waals surface area contributed by atoms with Crippen molar-refractivity contribution >= 4 is 0 Å². The summed E-state index contributed by atoms with van der Waals surface area (Å²) in [5.74, 6) is 0. The van der Waals surface area contributed by atoms with E-state index < -0.39 is 0 Å². The Bertz CT molecular complexity index is 250. The molecule has 0 rings (SSSR count). The molecule has 0 aromatic heterocycles. The van der Waals surface area contributed by atoms with Gasteiger partial charge in [-0.3, -0.25) is 0 Å². The molecule has 25 heavy (non-hydrogen) atoms. The Morgan fingerprint density at radius 3 is 1.72 bits per heavy atom. The van der Waals surface area contributed by atoms with Crippen molar-refractivity contribution in [2.45, 2.75) is 110 Å². The molecule has 3 nitrogen and oxygen atoms in total. The molecule has 0 saturated carbocycles. The fourth-order valence-corrected chi connectivity index (χ4v) is 2.77. The fourth-order valence-electron chi connectivity index (χ4n) is 2.77. The molecule has 0 aliphatic carbocycles. The third-order valence-electron chi connectivity index (χ3n) is 4.38. The van der Waals surface area contributed by atoms with Crippen molar-refractivity contribution < 1.29 is 14.6 Å². The summed E-state index contributed by atoms with van der Waals surface area (Å²) in [6.45, 7) is 6.38. The summed E-state index contributed by atoms with van der Waals surface area (Å²) in [6, 6.07) is 0. The van der Waals surface area contributed by atoms with Crippen LogP contribution in [0.1, 0.15) is 104 Å². The van der Waals surface area contributed by atoms with Gasteiger partial charge in [-0.15, -0.1) is 0 Å². The highest BCUT2D eigenvalue weighted by atomic mass is 16.7. The number of aliphatic hydroxyl groups is 1. The zero-order chi connectivity index (χ0) is 18.4. The Balaban J connectivity index is 3.83. The van der Waals surface area contributed by atoms with Gasteiger partial charge >= 0.3 is 0 Å². The molecule has 0 radical (unpaired) electrons. The molecule has 150 valence electrons. The van der Waals surface area contributed by atoms with Gasteiger partial charge in [0, 0.05) is 19.8 Å². The highest BCUT2D eigenvalue weighted by molar-refractivity contribution is 4.81. The van der Waals surface area contributed by atoms with Crippen LogP contribution in [0.2, 0.25) is 0 Å². The van der Waals surface area contributed by atoms with Gasteiger partial charge in [0.1, 0.15) is 0 Å². The van der Waals surface area contributed by atoms with Gasteiger partial charge < -0.3 is 14.6 Å². The lowest BCUT2D eigenvalue weighted by Gasteiger charge is -2.18. The molecule has 1 N–H and O–H groups in total. The lowest BCUT2D eigenvalue weighted by atomic mass is 10.1. The van der Waals surface area contributed by atoms with E-state index in [0.717, 1.165) is 51.7 Å². The largest absolute Gasteiger partial charge is 0.396 e. The Hall–Kier alpha value is -0.380. The first-order valence-corrected chi connectivity index (χ1v) is 10.8. The molecule has 0 saturated heterocycles. The third kappa shape index (κ3) is 19.8. The van der Waals surface area contributed by atoms with Crippen molar-refractivity contribution in [3.63, 3.8) is 0 Å². The summed E-state index contributed by atoms with van der Waals surface area (Å²) in [5, 5.41) is 8.77. The van der Waals surface area contributed by atoms with Gasteiger partial charge in [0.05, 0.1) is 0 Å². The van der Waals surface area contributed by atoms with E-state index in [2.05, 4.69) is 26.0 Å². The Kier molecular flexibility index (Phi) is 21.3. The van der Waals surface area contributed by atoms with E-state index in [9.17, 15) is 0 Å². The second kappa shape index (κ2) is 21.7. The van der Waals surface area contributed by atoms with Gasteiger partial charge in [-0.2, -0.15) is 0 Å². The van der Waals surface area contributed by atoms with Gasteiger partial charge in [-0.1, -0.05) is 77.4 Å². The predicted octanol–water partition coefficient (Wildman–Crippen LogP) is 6.40. The van der Waals surface area contributed by atoms with Crippen molar-refractivity contribution in [3.05, 3.63) is 12.2 Å². The molecule has 0 aromatic carbocycles. The van der Waals surface area contributed by atoms with Crippen LogP contribution in [0, 0.1) is 0 Å². The molecule has 0 atom stereocenters. The van der Waals surface area contributed by atoms with Crippen LogP contribution in [-0.4, -0.2) is 31.2 Å². The van der Waals surface area contributed by atoms with Crippen molar-refractivity contribution in [2.24, 2.45) is 0 Å². The summed E-state index contributed by atoms with van der Waals surface area (Å²) in [7, 11) is 0. The monoisotopic (exact) mass is 356 g/mol. The zero-order valence-electron chi connectivity index (χ0n) is 17.0. The summed E-state index contributed by atoms with van der Waals surface area (Å²) in [5.41, 5.74) is 0. The second-order valence-electron chi connectivity index (χ2n) is 6.91. The standard InChI is InChI=1S/C22H44O3/c1-3-5-7-12-16-20-24-22(18-14-10-9-11-15-19-23)25-21-17-13-8-6-4-2/h9,11,22-23H,3-8,10,12-21H2,1-2H3/b11-9-. The lowest BCUT2D eigenvalue weighted by molar-refractivity contribution is -0.147. The van der Waals surface area contributed by atoms with Crippen LogP contribution in [0.3, 0.4) is 0 Å². The van der Waals surface area contributed by atoms with Crippen molar-refractivity contribution in [3.8, 4) is 0 Å². The molecule has 0 amide bonds. The van der Waals surface area contributed by atoms with Crippen LogP contribution in [0.15, 0.2) is 12.2 Å². The fraction of sp³-hybridized carbons (Fsp3) is 0.909. The Morgan fingerprint density at radius 2 is 1.20 bits per heavy atom. The lowest BCUT2D eigenvalue weighted by Crippen LogP contribution is -2.19. The molecule has 0 aliphatic heterocycles. The highest BCUT2D eigenvalue weighted by Crippen LogP contribution is 2.11. The van der Waals surface area contributed by atoms with E-state index in [4.69, 9.17) is 14.6 Å². The summed E-state index contributed by atoms with van der Waals surface area (Å²) < 4.78 is 12.0. The van der Waals surface area contributed by atoms with E-state index in [1.54, 1.807) is 0 Å². The van der Waals surface area contributed by atoms with E-state index in [0.29, 0.717) is 0 Å². The molecular formula is C22H44O3. The molecule has 0 aromatic rings. The van der Waals surface area contributed by atoms with Crippen LogP contribution in [0.25, 0.3) is 0 Å². The molecule has 0 heterocycles. The molecule has 0 fully saturated rings. The maximum Gasteiger partial charge on any atom is 0.157 e. The number of allylic oxidation sites excluding steroid dienone is 1. The molecule has 0 unspecified atom stereocenters. The SMILES string of the molecule is CCCCCCCOC(CCC/C=C\CCO)OCCCCCCC. The van der Waals surface area contributed by atoms with E-state index in [1.165, 1.54) is 51.4 Å². The quantitative estimate of drug-likeness (QED) is 0.156. The van der Waals surface area contributed by atoms with E-state index in [1.807, 2.05) is 0 Å². The predicted molar refractivity (Wildman–Crippen MR) is 108 cm³/mol. The number of rotatable bonds is 20. The van der Waals surface area contributed by atoms with E-state index in [-0.39, 0.29) is 12.9 Å². The zero-order valence-corrected chi connectivity index (χ0v) is 17.0. The average Bonchev–Trinajstić information content (AvgIpc) is 2.63. The normalized spacial score (nSPS) is 11.8. The summed E-state index contributed by atoms with van der Waals surface area (Å²) in [4.78, 5) is 0. The topological polar surface area (TPSA) is 38.7 Å². The maximum absolute atomic E-state index is 8.77. The van der Waals surface area contributed by atoms with Crippen molar-refractivity contribution in [2.75, 3.05) is 19.8 Å². The van der Waals surface area contributed by atoms with Gasteiger partial charge in [0.25, 0.3) is 0 Å². The minimum Gasteiger partial charge on any atom is -0.396 e. The molecule has 0 bridgehead atoms. The first kappa shape index (κ1) is 24.6. The first-order valence-electron chi connectivity index (χ1n) is 10.8. The van der Waals surface area contributed by atoms with Crippen LogP contribution < -0.4 is 0 Å².